The fourth-order valence-electron chi connectivity index (χ4n) is 2.83. The Labute approximate surface area is 157 Å². The highest BCUT2D eigenvalue weighted by Crippen LogP contribution is 2.32. The molecule has 1 atom stereocenters. The Morgan fingerprint density at radius 1 is 0.885 bits per heavy atom. The molecule has 3 aromatic carbocycles. The van der Waals surface area contributed by atoms with Gasteiger partial charge in [0.2, 0.25) is 10.0 Å². The molecule has 0 amide bonds. The summed E-state index contributed by atoms with van der Waals surface area (Å²) in [5, 5.41) is 0.345. The molecule has 0 bridgehead atoms. The molecule has 0 radical (unpaired) electrons. The number of rotatable bonds is 5. The third kappa shape index (κ3) is 3.80. The zero-order valence-electron chi connectivity index (χ0n) is 14.0. The van der Waals surface area contributed by atoms with Gasteiger partial charge in [-0.05, 0) is 41.5 Å². The molecule has 3 aromatic rings. The number of nitrogens with zero attached hydrogens (tertiary/aromatic N) is 1. The molecular weight excluding hydrogens is 373 g/mol. The van der Waals surface area contributed by atoms with Gasteiger partial charge in [-0.3, -0.25) is 0 Å². The van der Waals surface area contributed by atoms with Crippen LogP contribution in [0.5, 0.6) is 0 Å². The van der Waals surface area contributed by atoms with Gasteiger partial charge in [-0.2, -0.15) is 4.31 Å². The van der Waals surface area contributed by atoms with E-state index in [1.54, 1.807) is 24.3 Å². The van der Waals surface area contributed by atoms with Gasteiger partial charge in [0.25, 0.3) is 0 Å². The summed E-state index contributed by atoms with van der Waals surface area (Å²) in [4.78, 5) is 0.107. The molecule has 1 unspecified atom stereocenters. The number of hydrogen-bond donors (Lipinski definition) is 0. The number of sulfonamides is 1. The predicted octanol–water partition coefficient (Wildman–Crippen LogP) is 4.89. The molecule has 26 heavy (non-hydrogen) atoms. The van der Waals surface area contributed by atoms with E-state index in [4.69, 9.17) is 11.6 Å². The molecule has 0 heterocycles. The molecule has 0 aliphatic rings. The number of halogens is 2. The topological polar surface area (TPSA) is 37.4 Å². The minimum absolute atomic E-state index is 0.107. The van der Waals surface area contributed by atoms with Gasteiger partial charge in [0.15, 0.2) is 0 Å². The smallest absolute Gasteiger partial charge is 0.207 e. The molecule has 0 N–H and O–H groups in total. The van der Waals surface area contributed by atoms with Crippen molar-refractivity contribution in [3.63, 3.8) is 0 Å². The maximum absolute atomic E-state index is 13.4. The summed E-state index contributed by atoms with van der Waals surface area (Å²) in [6, 6.07) is 20.6. The maximum Gasteiger partial charge on any atom is 0.243 e. The first-order valence-electron chi connectivity index (χ1n) is 7.93. The highest BCUT2D eigenvalue weighted by atomic mass is 35.5. The van der Waals surface area contributed by atoms with Gasteiger partial charge in [0, 0.05) is 12.1 Å². The average Bonchev–Trinajstić information content (AvgIpc) is 2.64. The summed E-state index contributed by atoms with van der Waals surface area (Å²) in [6.45, 7) is 0. The lowest BCUT2D eigenvalue weighted by atomic mass is 9.99. The Bertz CT molecular complexity index is 992. The summed E-state index contributed by atoms with van der Waals surface area (Å²) < 4.78 is 40.9. The van der Waals surface area contributed by atoms with E-state index in [1.807, 2.05) is 30.3 Å². The molecule has 0 saturated carbocycles. The van der Waals surface area contributed by atoms with Crippen LogP contribution in [-0.2, 0) is 10.0 Å². The summed E-state index contributed by atoms with van der Waals surface area (Å²) in [7, 11) is -2.30. The third-order valence-corrected chi connectivity index (χ3v) is 6.19. The van der Waals surface area contributed by atoms with Gasteiger partial charge in [0.1, 0.15) is 5.82 Å². The van der Waals surface area contributed by atoms with Crippen LogP contribution in [0.15, 0.2) is 83.8 Å². The molecule has 3 rings (SSSR count). The molecule has 134 valence electrons. The largest absolute Gasteiger partial charge is 0.243 e. The lowest BCUT2D eigenvalue weighted by Crippen LogP contribution is -2.32. The van der Waals surface area contributed by atoms with Gasteiger partial charge in [-0.1, -0.05) is 60.1 Å². The highest BCUT2D eigenvalue weighted by Gasteiger charge is 2.30. The van der Waals surface area contributed by atoms with Gasteiger partial charge in [0.05, 0.1) is 10.9 Å². The number of hydrogen-bond acceptors (Lipinski definition) is 2. The first kappa shape index (κ1) is 18.6. The van der Waals surface area contributed by atoms with E-state index >= 15 is 0 Å². The van der Waals surface area contributed by atoms with Crippen molar-refractivity contribution in [2.24, 2.45) is 0 Å². The Hall–Kier alpha value is -2.21. The van der Waals surface area contributed by atoms with Crippen molar-refractivity contribution >= 4 is 21.6 Å². The predicted molar refractivity (Wildman–Crippen MR) is 101 cm³/mol. The highest BCUT2D eigenvalue weighted by molar-refractivity contribution is 7.89. The van der Waals surface area contributed by atoms with Crippen LogP contribution in [0, 0.1) is 5.82 Å². The van der Waals surface area contributed by atoms with E-state index in [0.29, 0.717) is 10.6 Å². The van der Waals surface area contributed by atoms with E-state index in [9.17, 15) is 12.8 Å². The maximum atomic E-state index is 13.4. The lowest BCUT2D eigenvalue weighted by Gasteiger charge is -2.28. The van der Waals surface area contributed by atoms with Crippen molar-refractivity contribution in [2.45, 2.75) is 10.9 Å². The van der Waals surface area contributed by atoms with Crippen molar-refractivity contribution in [1.29, 1.82) is 0 Å². The molecule has 0 spiro atoms. The molecule has 0 aromatic heterocycles. The first-order valence-corrected chi connectivity index (χ1v) is 9.75. The van der Waals surface area contributed by atoms with Crippen molar-refractivity contribution in [1.82, 2.24) is 4.31 Å². The van der Waals surface area contributed by atoms with Crippen LogP contribution in [0.25, 0.3) is 0 Å². The second-order valence-electron chi connectivity index (χ2n) is 5.84. The molecule has 0 aliphatic heterocycles. The third-order valence-electron chi connectivity index (χ3n) is 4.14. The lowest BCUT2D eigenvalue weighted by molar-refractivity contribution is 0.417. The van der Waals surface area contributed by atoms with E-state index < -0.39 is 16.1 Å². The Morgan fingerprint density at radius 2 is 1.50 bits per heavy atom. The fraction of sp³-hybridized carbons (Fsp3) is 0.100. The zero-order chi connectivity index (χ0) is 18.7. The van der Waals surface area contributed by atoms with E-state index in [1.165, 1.54) is 35.6 Å². The number of benzene rings is 3. The summed E-state index contributed by atoms with van der Waals surface area (Å²) in [5.74, 6) is -0.374. The first-order chi connectivity index (χ1) is 12.4. The van der Waals surface area contributed by atoms with Crippen LogP contribution in [0.2, 0.25) is 5.02 Å². The molecule has 0 saturated heterocycles. The van der Waals surface area contributed by atoms with Crippen molar-refractivity contribution in [3.05, 3.63) is 101 Å². The summed E-state index contributed by atoms with van der Waals surface area (Å²) >= 11 is 5.96. The van der Waals surface area contributed by atoms with Crippen LogP contribution in [-0.4, -0.2) is 19.8 Å². The molecule has 0 aliphatic carbocycles. The van der Waals surface area contributed by atoms with Crippen LogP contribution >= 0.6 is 11.6 Å². The zero-order valence-corrected chi connectivity index (χ0v) is 15.6. The quantitative estimate of drug-likeness (QED) is 0.623. The Balaban J connectivity index is 2.11. The van der Waals surface area contributed by atoms with Crippen molar-refractivity contribution in [3.8, 4) is 0 Å². The fourth-order valence-corrected chi connectivity index (χ4v) is 4.46. The Kier molecular flexibility index (Phi) is 5.41. The normalized spacial score (nSPS) is 12.9. The Morgan fingerprint density at radius 3 is 2.12 bits per heavy atom. The molecule has 0 fully saturated rings. The minimum Gasteiger partial charge on any atom is -0.207 e. The van der Waals surface area contributed by atoms with E-state index in [-0.39, 0.29) is 10.7 Å². The second kappa shape index (κ2) is 7.58. The molecule has 3 nitrogen and oxygen atoms in total. The summed E-state index contributed by atoms with van der Waals surface area (Å²) in [5.41, 5.74) is 1.46. The SMILES string of the molecule is CN(C(c1ccccc1)c1ccc(F)cc1)S(=O)(=O)c1cccc(Cl)c1. The molecule has 6 heteroatoms. The second-order valence-corrected chi connectivity index (χ2v) is 8.28. The van der Waals surface area contributed by atoms with Crippen molar-refractivity contribution in [2.75, 3.05) is 7.05 Å². The van der Waals surface area contributed by atoms with Gasteiger partial charge >= 0.3 is 0 Å². The molecular formula is C20H17ClFNO2S. The van der Waals surface area contributed by atoms with Crippen LogP contribution in [0.1, 0.15) is 17.2 Å². The van der Waals surface area contributed by atoms with Gasteiger partial charge in [-0.25, -0.2) is 12.8 Å². The van der Waals surface area contributed by atoms with Crippen LogP contribution < -0.4 is 0 Å². The van der Waals surface area contributed by atoms with Crippen molar-refractivity contribution < 1.29 is 12.8 Å². The van der Waals surface area contributed by atoms with Crippen LogP contribution in [0.3, 0.4) is 0 Å². The average molecular weight is 390 g/mol. The van der Waals surface area contributed by atoms with Gasteiger partial charge < -0.3 is 0 Å². The summed E-state index contributed by atoms with van der Waals surface area (Å²) in [6.07, 6.45) is 0. The van der Waals surface area contributed by atoms with Crippen LogP contribution in [0.4, 0.5) is 4.39 Å². The standard InChI is InChI=1S/C20H17ClFNO2S/c1-23(26(24,25)19-9-5-8-17(21)14-19)20(15-6-3-2-4-7-15)16-10-12-18(22)13-11-16/h2-14,20H,1H3. The van der Waals surface area contributed by atoms with E-state index in [2.05, 4.69) is 0 Å². The van der Waals surface area contributed by atoms with E-state index in [0.717, 1.165) is 5.56 Å². The van der Waals surface area contributed by atoms with Gasteiger partial charge in [-0.15, -0.1) is 0 Å². The minimum atomic E-state index is -3.81. The monoisotopic (exact) mass is 389 g/mol.